The molecule has 0 aliphatic rings. The maximum atomic E-state index is 11.7. The number of aromatic nitrogens is 2. The molecule has 0 saturated heterocycles. The molecule has 9 heteroatoms. The Kier molecular flexibility index (Phi) is 4.24. The van der Waals surface area contributed by atoms with E-state index in [4.69, 9.17) is 11.6 Å². The van der Waals surface area contributed by atoms with Crippen LogP contribution in [0.25, 0.3) is 0 Å². The van der Waals surface area contributed by atoms with Gasteiger partial charge in [0.2, 0.25) is 10.0 Å². The molecule has 0 saturated carbocycles. The summed E-state index contributed by atoms with van der Waals surface area (Å²) in [5.41, 5.74) is 0. The highest BCUT2D eigenvalue weighted by molar-refractivity contribution is 7.94. The molecule has 0 fully saturated rings. The summed E-state index contributed by atoms with van der Waals surface area (Å²) in [6, 6.07) is 0. The van der Waals surface area contributed by atoms with Crippen molar-refractivity contribution in [3.05, 3.63) is 17.5 Å². The molecule has 1 unspecified atom stereocenters. The second kappa shape index (κ2) is 5.28. The summed E-state index contributed by atoms with van der Waals surface area (Å²) in [4.78, 5) is 18.4. The fraction of sp³-hybridized carbons (Fsp3) is 0.375. The van der Waals surface area contributed by atoms with E-state index in [9.17, 15) is 13.2 Å². The number of esters is 1. The van der Waals surface area contributed by atoms with Crippen molar-refractivity contribution >= 4 is 33.4 Å². The number of halogens is 1. The summed E-state index contributed by atoms with van der Waals surface area (Å²) in [5.74, 6) is -0.885. The average molecular weight is 280 g/mol. The summed E-state index contributed by atoms with van der Waals surface area (Å²) in [5, 5.41) is -1.21. The Morgan fingerprint density at radius 1 is 1.47 bits per heavy atom. The number of sulfonamides is 1. The van der Waals surface area contributed by atoms with Crippen LogP contribution in [0.15, 0.2) is 12.4 Å². The van der Waals surface area contributed by atoms with E-state index in [1.54, 1.807) is 0 Å². The molecule has 1 N–H and O–H groups in total. The second-order valence-corrected chi connectivity index (χ2v) is 5.43. The molecule has 1 aromatic rings. The molecule has 1 heterocycles. The van der Waals surface area contributed by atoms with Crippen LogP contribution in [0.3, 0.4) is 0 Å². The van der Waals surface area contributed by atoms with Gasteiger partial charge in [-0.1, -0.05) is 11.6 Å². The fourth-order valence-electron chi connectivity index (χ4n) is 0.892. The van der Waals surface area contributed by atoms with Crippen molar-refractivity contribution < 1.29 is 17.9 Å². The predicted octanol–water partition coefficient (Wildman–Crippen LogP) is 0.433. The van der Waals surface area contributed by atoms with Crippen LogP contribution >= 0.6 is 11.6 Å². The van der Waals surface area contributed by atoms with Gasteiger partial charge in [0.05, 0.1) is 19.5 Å². The van der Waals surface area contributed by atoms with Crippen LogP contribution in [0.2, 0.25) is 5.15 Å². The smallest absolute Gasteiger partial charge is 0.325 e. The second-order valence-electron chi connectivity index (χ2n) is 3.04. The highest BCUT2D eigenvalue weighted by Crippen LogP contribution is 2.10. The number of rotatable bonds is 4. The number of methoxy groups -OCH3 is 1. The summed E-state index contributed by atoms with van der Waals surface area (Å²) in [7, 11) is -2.80. The minimum atomic E-state index is -3.91. The minimum absolute atomic E-state index is 0.0230. The SMILES string of the molecule is COC(=O)C(C)S(=O)(=O)Nc1cnc(Cl)cn1. The summed E-state index contributed by atoms with van der Waals surface area (Å²) in [6.07, 6.45) is 2.33. The molecule has 0 aliphatic carbocycles. The van der Waals surface area contributed by atoms with E-state index in [0.29, 0.717) is 0 Å². The average Bonchev–Trinajstić information content (AvgIpc) is 2.30. The van der Waals surface area contributed by atoms with Crippen molar-refractivity contribution in [2.75, 3.05) is 11.8 Å². The standard InChI is InChI=1S/C8H10ClN3O4S/c1-5(8(13)16-2)17(14,15)12-7-4-10-6(9)3-11-7/h3-5H,1-2H3,(H,11,12). The van der Waals surface area contributed by atoms with Crippen molar-refractivity contribution in [2.24, 2.45) is 0 Å². The van der Waals surface area contributed by atoms with Gasteiger partial charge in [0, 0.05) is 0 Å². The fourth-order valence-corrected chi connectivity index (χ4v) is 1.91. The highest BCUT2D eigenvalue weighted by Gasteiger charge is 2.29. The number of hydrogen-bond donors (Lipinski definition) is 1. The molecule has 7 nitrogen and oxygen atoms in total. The number of anilines is 1. The molecule has 17 heavy (non-hydrogen) atoms. The molecule has 1 aromatic heterocycles. The van der Waals surface area contributed by atoms with Gasteiger partial charge >= 0.3 is 5.97 Å². The molecule has 0 aromatic carbocycles. The van der Waals surface area contributed by atoms with Crippen LogP contribution in [-0.4, -0.2) is 36.7 Å². The molecule has 1 rings (SSSR count). The first-order valence-electron chi connectivity index (χ1n) is 4.44. The number of ether oxygens (including phenoxy) is 1. The number of hydrogen-bond acceptors (Lipinski definition) is 6. The van der Waals surface area contributed by atoms with E-state index in [0.717, 1.165) is 13.3 Å². The lowest BCUT2D eigenvalue weighted by atomic mass is 10.5. The summed E-state index contributed by atoms with van der Waals surface area (Å²) >= 11 is 5.49. The minimum Gasteiger partial charge on any atom is -0.468 e. The quantitative estimate of drug-likeness (QED) is 0.803. The Bertz CT molecular complexity index is 502. The lowest BCUT2D eigenvalue weighted by molar-refractivity contribution is -0.139. The van der Waals surface area contributed by atoms with Crippen molar-refractivity contribution in [1.29, 1.82) is 0 Å². The van der Waals surface area contributed by atoms with Gasteiger partial charge in [-0.2, -0.15) is 0 Å². The van der Waals surface area contributed by atoms with Crippen LogP contribution in [-0.2, 0) is 19.6 Å². The van der Waals surface area contributed by atoms with Crippen LogP contribution < -0.4 is 4.72 Å². The lowest BCUT2D eigenvalue weighted by Gasteiger charge is -2.11. The normalized spacial score (nSPS) is 12.9. The summed E-state index contributed by atoms with van der Waals surface area (Å²) in [6.45, 7) is 1.21. The van der Waals surface area contributed by atoms with E-state index in [2.05, 4.69) is 19.4 Å². The molecule has 0 radical (unpaired) electrons. The molecular formula is C8H10ClN3O4S. The largest absolute Gasteiger partial charge is 0.468 e. The maximum Gasteiger partial charge on any atom is 0.325 e. The zero-order valence-corrected chi connectivity index (χ0v) is 10.6. The van der Waals surface area contributed by atoms with Crippen LogP contribution in [0.1, 0.15) is 6.92 Å². The Labute approximate surface area is 103 Å². The molecule has 0 amide bonds. The van der Waals surface area contributed by atoms with Gasteiger partial charge in [-0.3, -0.25) is 9.52 Å². The molecule has 0 bridgehead atoms. The number of carbonyl (C=O) groups excluding carboxylic acids is 1. The van der Waals surface area contributed by atoms with Crippen molar-refractivity contribution in [3.8, 4) is 0 Å². The zero-order valence-electron chi connectivity index (χ0n) is 9.05. The lowest BCUT2D eigenvalue weighted by Crippen LogP contribution is -2.33. The van der Waals surface area contributed by atoms with E-state index in [-0.39, 0.29) is 11.0 Å². The third kappa shape index (κ3) is 3.53. The first-order chi connectivity index (χ1) is 7.86. The maximum absolute atomic E-state index is 11.7. The molecule has 94 valence electrons. The Morgan fingerprint density at radius 3 is 2.59 bits per heavy atom. The van der Waals surface area contributed by atoms with Gasteiger partial charge in [-0.15, -0.1) is 0 Å². The van der Waals surface area contributed by atoms with Crippen molar-refractivity contribution in [1.82, 2.24) is 9.97 Å². The Balaban J connectivity index is 2.86. The highest BCUT2D eigenvalue weighted by atomic mass is 35.5. The van der Waals surface area contributed by atoms with Gasteiger partial charge in [-0.25, -0.2) is 18.4 Å². The monoisotopic (exact) mass is 279 g/mol. The molecule has 1 atom stereocenters. The first kappa shape index (κ1) is 13.7. The van der Waals surface area contributed by atoms with E-state index in [1.165, 1.54) is 13.1 Å². The topological polar surface area (TPSA) is 98.2 Å². The van der Waals surface area contributed by atoms with Crippen molar-refractivity contribution in [3.63, 3.8) is 0 Å². The van der Waals surface area contributed by atoms with Crippen LogP contribution in [0, 0.1) is 0 Å². The predicted molar refractivity (Wildman–Crippen MR) is 61.1 cm³/mol. The summed E-state index contributed by atoms with van der Waals surface area (Å²) < 4.78 is 29.8. The Hall–Kier alpha value is -1.41. The number of nitrogens with one attached hydrogen (secondary N) is 1. The van der Waals surface area contributed by atoms with E-state index in [1.807, 2.05) is 0 Å². The van der Waals surface area contributed by atoms with Gasteiger partial charge in [0.25, 0.3) is 0 Å². The van der Waals surface area contributed by atoms with Gasteiger partial charge in [0.15, 0.2) is 11.1 Å². The Morgan fingerprint density at radius 2 is 2.12 bits per heavy atom. The van der Waals surface area contributed by atoms with Gasteiger partial charge in [-0.05, 0) is 6.92 Å². The number of carbonyl (C=O) groups is 1. The van der Waals surface area contributed by atoms with Crippen LogP contribution in [0.5, 0.6) is 0 Å². The molecular weight excluding hydrogens is 270 g/mol. The van der Waals surface area contributed by atoms with Gasteiger partial charge < -0.3 is 4.74 Å². The van der Waals surface area contributed by atoms with E-state index < -0.39 is 21.2 Å². The number of nitrogens with zero attached hydrogens (tertiary/aromatic N) is 2. The van der Waals surface area contributed by atoms with Crippen molar-refractivity contribution in [2.45, 2.75) is 12.2 Å². The molecule has 0 aliphatic heterocycles. The molecule has 0 spiro atoms. The first-order valence-corrected chi connectivity index (χ1v) is 6.36. The third-order valence-electron chi connectivity index (χ3n) is 1.87. The van der Waals surface area contributed by atoms with Gasteiger partial charge in [0.1, 0.15) is 5.15 Å². The third-order valence-corrected chi connectivity index (χ3v) is 3.68. The zero-order chi connectivity index (χ0) is 13.1. The van der Waals surface area contributed by atoms with Crippen LogP contribution in [0.4, 0.5) is 5.82 Å². The van der Waals surface area contributed by atoms with E-state index >= 15 is 0 Å².